The smallest absolute Gasteiger partial charge is 0.262 e. The van der Waals surface area contributed by atoms with E-state index >= 15 is 0 Å². The van der Waals surface area contributed by atoms with Crippen molar-refractivity contribution < 1.29 is 9.59 Å². The molecule has 0 saturated heterocycles. The summed E-state index contributed by atoms with van der Waals surface area (Å²) in [7, 11) is 0. The predicted octanol–water partition coefficient (Wildman–Crippen LogP) is 5.31. The number of hydrogen-bond acceptors (Lipinski definition) is 5. The molecule has 0 spiro atoms. The number of benzene rings is 3. The normalized spacial score (nSPS) is 11.1. The Morgan fingerprint density at radius 3 is 2.38 bits per heavy atom. The van der Waals surface area contributed by atoms with Crippen molar-refractivity contribution in [2.45, 2.75) is 38.9 Å². The molecule has 0 aliphatic heterocycles. The minimum Gasteiger partial charge on any atom is -0.352 e. The van der Waals surface area contributed by atoms with E-state index in [9.17, 15) is 14.4 Å². The highest BCUT2D eigenvalue weighted by molar-refractivity contribution is 7.99. The number of carbonyl (C=O) groups is 2. The Morgan fingerprint density at radius 2 is 1.68 bits per heavy atom. The van der Waals surface area contributed by atoms with Gasteiger partial charge in [0.2, 0.25) is 0 Å². The van der Waals surface area contributed by atoms with Crippen LogP contribution in [-0.4, -0.2) is 33.5 Å². The lowest BCUT2D eigenvalue weighted by molar-refractivity contribution is 0.0948. The number of thioether (sulfide) groups is 1. The van der Waals surface area contributed by atoms with Gasteiger partial charge in [0.25, 0.3) is 11.5 Å². The average molecular weight is 514 g/mol. The second-order valence-corrected chi connectivity index (χ2v) is 10.4. The zero-order chi connectivity index (χ0) is 26.4. The number of Topliss-reactive ketones (excluding diaryl/α,β-unsaturated/α-hetero) is 1. The molecule has 1 amide bonds. The summed E-state index contributed by atoms with van der Waals surface area (Å²) in [5.41, 5.74) is 3.54. The number of nitrogens with one attached hydrogen (secondary N) is 1. The fraction of sp³-hybridized carbons (Fsp3) is 0.267. The Labute approximate surface area is 221 Å². The molecule has 0 atom stereocenters. The van der Waals surface area contributed by atoms with E-state index in [1.165, 1.54) is 11.8 Å². The number of aromatic nitrogens is 2. The molecule has 0 bridgehead atoms. The largest absolute Gasteiger partial charge is 0.352 e. The van der Waals surface area contributed by atoms with Crippen LogP contribution in [0.5, 0.6) is 0 Å². The maximum atomic E-state index is 13.5. The summed E-state index contributed by atoms with van der Waals surface area (Å²) in [6, 6.07) is 22.4. The Hall–Kier alpha value is -3.71. The molecule has 0 fully saturated rings. The summed E-state index contributed by atoms with van der Waals surface area (Å²) in [5, 5.41) is 3.82. The Morgan fingerprint density at radius 1 is 0.973 bits per heavy atom. The molecular formula is C30H31N3O3S. The van der Waals surface area contributed by atoms with Gasteiger partial charge in [-0.25, -0.2) is 4.98 Å². The van der Waals surface area contributed by atoms with Crippen molar-refractivity contribution >= 4 is 34.4 Å². The lowest BCUT2D eigenvalue weighted by Gasteiger charge is -2.14. The maximum Gasteiger partial charge on any atom is 0.262 e. The van der Waals surface area contributed by atoms with Gasteiger partial charge in [-0.3, -0.25) is 19.0 Å². The van der Waals surface area contributed by atoms with E-state index in [4.69, 9.17) is 4.98 Å². The molecule has 1 N–H and O–H groups in total. The topological polar surface area (TPSA) is 81.1 Å². The van der Waals surface area contributed by atoms with Gasteiger partial charge in [-0.15, -0.1) is 0 Å². The molecule has 7 heteroatoms. The van der Waals surface area contributed by atoms with Crippen molar-refractivity contribution in [3.63, 3.8) is 0 Å². The number of fused-ring (bicyclic) bond motifs is 1. The third kappa shape index (κ3) is 6.74. The van der Waals surface area contributed by atoms with Gasteiger partial charge in [0, 0.05) is 24.2 Å². The Bertz CT molecular complexity index is 1460. The number of nitrogens with zero attached hydrogens (tertiary/aromatic N) is 2. The molecule has 190 valence electrons. The fourth-order valence-electron chi connectivity index (χ4n) is 3.89. The monoisotopic (exact) mass is 513 g/mol. The third-order valence-electron chi connectivity index (χ3n) is 6.03. The van der Waals surface area contributed by atoms with Crippen molar-refractivity contribution in [2.75, 3.05) is 12.3 Å². The summed E-state index contributed by atoms with van der Waals surface area (Å²) in [4.78, 5) is 43.8. The lowest BCUT2D eigenvalue weighted by Crippen LogP contribution is -2.28. The van der Waals surface area contributed by atoms with E-state index in [1.807, 2.05) is 75.4 Å². The van der Waals surface area contributed by atoms with Crippen molar-refractivity contribution in [3.05, 3.63) is 105 Å². The molecule has 1 heterocycles. The Balaban J connectivity index is 1.66. The zero-order valence-electron chi connectivity index (χ0n) is 21.4. The molecule has 0 radical (unpaired) electrons. The molecule has 4 aromatic rings. The minimum absolute atomic E-state index is 0.0317. The van der Waals surface area contributed by atoms with Gasteiger partial charge in [-0.1, -0.05) is 85.8 Å². The molecule has 4 rings (SSSR count). The van der Waals surface area contributed by atoms with Gasteiger partial charge in [-0.05, 0) is 43.0 Å². The van der Waals surface area contributed by atoms with Crippen molar-refractivity contribution in [2.24, 2.45) is 5.92 Å². The molecule has 37 heavy (non-hydrogen) atoms. The first-order valence-electron chi connectivity index (χ1n) is 12.4. The van der Waals surface area contributed by atoms with Crippen LogP contribution in [0.3, 0.4) is 0 Å². The number of amides is 1. The van der Waals surface area contributed by atoms with Crippen LogP contribution in [0, 0.1) is 12.8 Å². The quantitative estimate of drug-likeness (QED) is 0.177. The van der Waals surface area contributed by atoms with E-state index in [2.05, 4.69) is 5.32 Å². The molecule has 0 unspecified atom stereocenters. The summed E-state index contributed by atoms with van der Waals surface area (Å²) < 4.78 is 1.64. The first kappa shape index (κ1) is 26.4. The average Bonchev–Trinajstić information content (AvgIpc) is 2.90. The van der Waals surface area contributed by atoms with Crippen LogP contribution in [0.15, 0.2) is 82.7 Å². The summed E-state index contributed by atoms with van der Waals surface area (Å²) in [6.07, 6.45) is 0.656. The van der Waals surface area contributed by atoms with E-state index in [0.717, 1.165) is 11.1 Å². The third-order valence-corrected chi connectivity index (χ3v) is 7.00. The first-order chi connectivity index (χ1) is 17.8. The van der Waals surface area contributed by atoms with Gasteiger partial charge in [0.1, 0.15) is 0 Å². The number of rotatable bonds is 10. The number of ketones is 1. The van der Waals surface area contributed by atoms with Gasteiger partial charge < -0.3 is 5.32 Å². The summed E-state index contributed by atoms with van der Waals surface area (Å²) >= 11 is 1.25. The van der Waals surface area contributed by atoms with Crippen molar-refractivity contribution in [3.8, 4) is 0 Å². The lowest BCUT2D eigenvalue weighted by atomic mass is 10.1. The van der Waals surface area contributed by atoms with E-state index in [1.54, 1.807) is 22.8 Å². The van der Waals surface area contributed by atoms with E-state index < -0.39 is 0 Å². The second-order valence-electron chi connectivity index (χ2n) is 9.50. The number of aryl methyl sites for hydroxylation is 2. The van der Waals surface area contributed by atoms with E-state index in [-0.39, 0.29) is 23.0 Å². The van der Waals surface area contributed by atoms with E-state index in [0.29, 0.717) is 52.6 Å². The van der Waals surface area contributed by atoms with Crippen LogP contribution < -0.4 is 10.9 Å². The van der Waals surface area contributed by atoms with Crippen LogP contribution in [0.25, 0.3) is 10.9 Å². The summed E-state index contributed by atoms with van der Waals surface area (Å²) in [5.74, 6) is 0.250. The van der Waals surface area contributed by atoms with Crippen LogP contribution >= 0.6 is 11.8 Å². The van der Waals surface area contributed by atoms with Gasteiger partial charge in [0.05, 0.1) is 16.7 Å². The first-order valence-corrected chi connectivity index (χ1v) is 13.4. The zero-order valence-corrected chi connectivity index (χ0v) is 22.2. The fourth-order valence-corrected chi connectivity index (χ4v) is 4.81. The standard InChI is InChI=1S/C30H31N3O3S/c1-20(2)18-31-28(35)24-13-14-25-26(17-24)32-30(37-19-27(34)23-11-9-21(3)10-12-23)33(29(25)36)16-15-22-7-5-4-6-8-22/h4-14,17,20H,15-16,18-19H2,1-3H3,(H,31,35). The summed E-state index contributed by atoms with van der Waals surface area (Å²) in [6.45, 7) is 7.03. The molecule has 0 aliphatic rings. The predicted molar refractivity (Wildman–Crippen MR) is 150 cm³/mol. The number of carbonyl (C=O) groups excluding carboxylic acids is 2. The number of hydrogen-bond donors (Lipinski definition) is 1. The molecule has 1 aromatic heterocycles. The van der Waals surface area contributed by atoms with Gasteiger partial charge in [0.15, 0.2) is 10.9 Å². The van der Waals surface area contributed by atoms with Crippen molar-refractivity contribution in [1.29, 1.82) is 0 Å². The van der Waals surface area contributed by atoms with Crippen LogP contribution in [-0.2, 0) is 13.0 Å². The highest BCUT2D eigenvalue weighted by Crippen LogP contribution is 2.21. The highest BCUT2D eigenvalue weighted by atomic mass is 32.2. The maximum absolute atomic E-state index is 13.5. The second kappa shape index (κ2) is 12.0. The van der Waals surface area contributed by atoms with Crippen LogP contribution in [0.2, 0.25) is 0 Å². The van der Waals surface area contributed by atoms with Gasteiger partial charge in [-0.2, -0.15) is 0 Å². The van der Waals surface area contributed by atoms with Crippen LogP contribution in [0.4, 0.5) is 0 Å². The Kier molecular flexibility index (Phi) is 8.56. The SMILES string of the molecule is Cc1ccc(C(=O)CSc2nc3cc(C(=O)NCC(C)C)ccc3c(=O)n2CCc2ccccc2)cc1. The molecule has 0 aliphatic carbocycles. The van der Waals surface area contributed by atoms with Gasteiger partial charge >= 0.3 is 0 Å². The van der Waals surface area contributed by atoms with Crippen LogP contribution in [0.1, 0.15) is 45.7 Å². The molecule has 0 saturated carbocycles. The molecular weight excluding hydrogens is 482 g/mol. The van der Waals surface area contributed by atoms with Crippen molar-refractivity contribution in [1.82, 2.24) is 14.9 Å². The highest BCUT2D eigenvalue weighted by Gasteiger charge is 2.16. The molecule has 6 nitrogen and oxygen atoms in total. The molecule has 3 aromatic carbocycles. The minimum atomic E-state index is -0.200.